The molecule has 0 aromatic heterocycles. The highest BCUT2D eigenvalue weighted by molar-refractivity contribution is 5.97. The van der Waals surface area contributed by atoms with Gasteiger partial charge in [-0.25, -0.2) is 10.9 Å². The molecule has 1 amide bonds. The molecule has 5 N–H and O–H groups in total. The highest BCUT2D eigenvalue weighted by Gasteiger charge is 2.33. The molecule has 2 atom stereocenters. The van der Waals surface area contributed by atoms with Crippen molar-refractivity contribution in [2.24, 2.45) is 0 Å². The number of carbonyl (C=O) groups excluding carboxylic acids is 1. The monoisotopic (exact) mass is 357 g/mol. The summed E-state index contributed by atoms with van der Waals surface area (Å²) < 4.78 is 10.7. The van der Waals surface area contributed by atoms with E-state index in [1.54, 1.807) is 7.11 Å². The fourth-order valence-corrected chi connectivity index (χ4v) is 2.63. The van der Waals surface area contributed by atoms with E-state index in [-0.39, 0.29) is 12.1 Å². The van der Waals surface area contributed by atoms with Gasteiger partial charge in [0.05, 0.1) is 19.4 Å². The number of rotatable bonds is 7. The maximum atomic E-state index is 12.7. The van der Waals surface area contributed by atoms with Crippen LogP contribution in [0.5, 0.6) is 11.5 Å². The van der Waals surface area contributed by atoms with Gasteiger partial charge in [-0.3, -0.25) is 4.79 Å². The number of hydrazine groups is 2. The molecule has 2 unspecified atom stereocenters. The van der Waals surface area contributed by atoms with Crippen LogP contribution in [0.25, 0.3) is 0 Å². The lowest BCUT2D eigenvalue weighted by Crippen LogP contribution is -2.47. The first-order chi connectivity index (χ1) is 12.7. The van der Waals surface area contributed by atoms with Crippen LogP contribution in [-0.4, -0.2) is 31.8 Å². The first kappa shape index (κ1) is 18.0. The molecule has 8 nitrogen and oxygen atoms in total. The number of benzene rings is 2. The third-order valence-corrected chi connectivity index (χ3v) is 3.93. The van der Waals surface area contributed by atoms with E-state index in [0.717, 1.165) is 11.4 Å². The fraction of sp³-hybridized carbons (Fsp3) is 0.278. The Morgan fingerprint density at radius 2 is 1.88 bits per heavy atom. The first-order valence-corrected chi connectivity index (χ1v) is 8.40. The van der Waals surface area contributed by atoms with Gasteiger partial charge in [0.25, 0.3) is 0 Å². The molecule has 0 radical (unpaired) electrons. The molecule has 2 aromatic carbocycles. The smallest absolute Gasteiger partial charge is 0.246 e. The zero-order chi connectivity index (χ0) is 18.4. The lowest BCUT2D eigenvalue weighted by Gasteiger charge is -2.20. The molecular formula is C18H23N5O3. The third-order valence-electron chi connectivity index (χ3n) is 3.93. The molecule has 2 aromatic rings. The maximum absolute atomic E-state index is 12.7. The van der Waals surface area contributed by atoms with Gasteiger partial charge in [-0.15, -0.1) is 0 Å². The summed E-state index contributed by atoms with van der Waals surface area (Å²) in [6.07, 6.45) is -0.345. The average molecular weight is 357 g/mol. The number of nitrogens with one attached hydrogen (secondary N) is 5. The van der Waals surface area contributed by atoms with Crippen molar-refractivity contribution >= 4 is 17.3 Å². The van der Waals surface area contributed by atoms with E-state index in [4.69, 9.17) is 9.47 Å². The second-order valence-corrected chi connectivity index (χ2v) is 5.66. The molecule has 138 valence electrons. The number of hydrogen-bond acceptors (Lipinski definition) is 7. The topological polar surface area (TPSA) is 95.7 Å². The molecule has 1 heterocycles. The number of carbonyl (C=O) groups is 1. The highest BCUT2D eigenvalue weighted by atomic mass is 16.5. The molecule has 8 heteroatoms. The summed E-state index contributed by atoms with van der Waals surface area (Å²) in [5.74, 6) is 1.22. The van der Waals surface area contributed by atoms with Gasteiger partial charge in [-0.05, 0) is 43.3 Å². The Morgan fingerprint density at radius 1 is 1.12 bits per heavy atom. The predicted molar refractivity (Wildman–Crippen MR) is 99.8 cm³/mol. The summed E-state index contributed by atoms with van der Waals surface area (Å²) in [7, 11) is 1.62. The van der Waals surface area contributed by atoms with E-state index in [9.17, 15) is 4.79 Å². The second kappa shape index (κ2) is 8.52. The zero-order valence-corrected chi connectivity index (χ0v) is 14.7. The quantitative estimate of drug-likeness (QED) is 0.512. The Morgan fingerprint density at radius 3 is 2.62 bits per heavy atom. The van der Waals surface area contributed by atoms with Crippen molar-refractivity contribution in [3.8, 4) is 11.5 Å². The second-order valence-electron chi connectivity index (χ2n) is 5.66. The highest BCUT2D eigenvalue weighted by Crippen LogP contribution is 2.24. The van der Waals surface area contributed by atoms with E-state index < -0.39 is 6.04 Å². The largest absolute Gasteiger partial charge is 0.497 e. The van der Waals surface area contributed by atoms with Gasteiger partial charge >= 0.3 is 0 Å². The van der Waals surface area contributed by atoms with Crippen molar-refractivity contribution in [2.75, 3.05) is 24.4 Å². The molecule has 26 heavy (non-hydrogen) atoms. The zero-order valence-electron chi connectivity index (χ0n) is 14.7. The summed E-state index contributed by atoms with van der Waals surface area (Å²) in [5, 5.41) is 6.17. The number of anilines is 2. The van der Waals surface area contributed by atoms with Crippen molar-refractivity contribution in [2.45, 2.75) is 19.1 Å². The van der Waals surface area contributed by atoms with Crippen LogP contribution in [0, 0.1) is 0 Å². The van der Waals surface area contributed by atoms with E-state index in [1.165, 1.54) is 0 Å². The van der Waals surface area contributed by atoms with E-state index >= 15 is 0 Å². The average Bonchev–Trinajstić information content (AvgIpc) is 3.12. The summed E-state index contributed by atoms with van der Waals surface area (Å²) in [5.41, 5.74) is 10.2. The summed E-state index contributed by atoms with van der Waals surface area (Å²) in [6.45, 7) is 2.43. The van der Waals surface area contributed by atoms with Crippen LogP contribution in [0.4, 0.5) is 11.4 Å². The van der Waals surface area contributed by atoms with Gasteiger partial charge in [-0.1, -0.05) is 12.1 Å². The molecule has 0 saturated carbocycles. The Hall–Kier alpha value is -2.81. The molecule has 0 aliphatic carbocycles. The molecule has 1 aliphatic heterocycles. The minimum atomic E-state index is -0.535. The van der Waals surface area contributed by atoms with Crippen molar-refractivity contribution < 1.29 is 14.3 Å². The van der Waals surface area contributed by atoms with Crippen molar-refractivity contribution in [1.29, 1.82) is 0 Å². The number of hydrogen-bond donors (Lipinski definition) is 5. The SMILES string of the molecule is CCOc1ccccc1NC(=O)C1NNNC1Nc1ccc(OC)cc1. The standard InChI is InChI=1S/C18H23N5O3/c1-3-26-15-7-5-4-6-14(15)20-18(24)16-17(22-23-21-16)19-12-8-10-13(25-2)11-9-12/h4-11,16-17,19,21-23H,3H2,1-2H3,(H,20,24). The third kappa shape index (κ3) is 4.23. The van der Waals surface area contributed by atoms with Crippen molar-refractivity contribution in [3.63, 3.8) is 0 Å². The molecule has 1 saturated heterocycles. The number of ether oxygens (including phenoxy) is 2. The minimum absolute atomic E-state index is 0.194. The predicted octanol–water partition coefficient (Wildman–Crippen LogP) is 1.45. The molecular weight excluding hydrogens is 334 g/mol. The van der Waals surface area contributed by atoms with Gasteiger partial charge in [0.2, 0.25) is 5.91 Å². The molecule has 3 rings (SSSR count). The van der Waals surface area contributed by atoms with Crippen LogP contribution in [-0.2, 0) is 4.79 Å². The molecule has 0 spiro atoms. The number of para-hydroxylation sites is 2. The Bertz CT molecular complexity index is 738. The van der Waals surface area contributed by atoms with Gasteiger partial charge in [0, 0.05) is 5.69 Å². The van der Waals surface area contributed by atoms with Crippen molar-refractivity contribution in [1.82, 2.24) is 16.4 Å². The van der Waals surface area contributed by atoms with Gasteiger partial charge in [0.15, 0.2) is 0 Å². The number of amides is 1. The van der Waals surface area contributed by atoms with Gasteiger partial charge < -0.3 is 20.1 Å². The maximum Gasteiger partial charge on any atom is 0.246 e. The van der Waals surface area contributed by atoms with Crippen LogP contribution < -0.4 is 36.5 Å². The summed E-state index contributed by atoms with van der Waals surface area (Å²) >= 11 is 0. The van der Waals surface area contributed by atoms with Crippen molar-refractivity contribution in [3.05, 3.63) is 48.5 Å². The first-order valence-electron chi connectivity index (χ1n) is 8.40. The Balaban J connectivity index is 1.66. The van der Waals surface area contributed by atoms with Crippen LogP contribution >= 0.6 is 0 Å². The molecule has 1 aliphatic rings. The van der Waals surface area contributed by atoms with Crippen LogP contribution in [0.15, 0.2) is 48.5 Å². The molecule has 0 bridgehead atoms. The van der Waals surface area contributed by atoms with E-state index in [1.807, 2.05) is 55.5 Å². The van der Waals surface area contributed by atoms with E-state index in [2.05, 4.69) is 27.0 Å². The van der Waals surface area contributed by atoms with Gasteiger partial charge in [0.1, 0.15) is 23.7 Å². The lowest BCUT2D eigenvalue weighted by atomic mass is 10.2. The van der Waals surface area contributed by atoms with E-state index in [0.29, 0.717) is 18.0 Å². The fourth-order valence-electron chi connectivity index (χ4n) is 2.63. The number of methoxy groups -OCH3 is 1. The summed E-state index contributed by atoms with van der Waals surface area (Å²) in [6, 6.07) is 14.3. The minimum Gasteiger partial charge on any atom is -0.497 e. The van der Waals surface area contributed by atoms with Crippen LogP contribution in [0.1, 0.15) is 6.92 Å². The van der Waals surface area contributed by atoms with Crippen LogP contribution in [0.3, 0.4) is 0 Å². The van der Waals surface area contributed by atoms with Crippen LogP contribution in [0.2, 0.25) is 0 Å². The molecule has 1 fully saturated rings. The van der Waals surface area contributed by atoms with Gasteiger partial charge in [-0.2, -0.15) is 5.53 Å². The summed E-state index contributed by atoms with van der Waals surface area (Å²) in [4.78, 5) is 12.7. The normalized spacial score (nSPS) is 19.0. The lowest BCUT2D eigenvalue weighted by molar-refractivity contribution is -0.118. The Labute approximate surface area is 152 Å². The Kier molecular flexibility index (Phi) is 5.90.